The molecule has 14 heavy (non-hydrogen) atoms. The fourth-order valence-electron chi connectivity index (χ4n) is 1.11. The monoisotopic (exact) mass is 186 g/mol. The molecule has 0 bridgehead atoms. The summed E-state index contributed by atoms with van der Waals surface area (Å²) in [6, 6.07) is 10.4. The van der Waals surface area contributed by atoms with E-state index in [0.717, 1.165) is 0 Å². The lowest BCUT2D eigenvalue weighted by Gasteiger charge is -2.14. The van der Waals surface area contributed by atoms with Gasteiger partial charge in [-0.15, -0.1) is 0 Å². The molecule has 0 saturated carbocycles. The highest BCUT2D eigenvalue weighted by molar-refractivity contribution is 5.64. The van der Waals surface area contributed by atoms with Crippen LogP contribution in [-0.2, 0) is 0 Å². The molecule has 0 aliphatic rings. The minimum atomic E-state index is 0.135. The molecule has 0 nitrogen and oxygen atoms in total. The zero-order valence-electron chi connectivity index (χ0n) is 9.46. The van der Waals surface area contributed by atoms with Crippen LogP contribution in [0.3, 0.4) is 0 Å². The molecular formula is C14H18. The van der Waals surface area contributed by atoms with E-state index < -0.39 is 0 Å². The number of benzene rings is 1. The molecule has 0 fully saturated rings. The van der Waals surface area contributed by atoms with Gasteiger partial charge in [-0.3, -0.25) is 0 Å². The first-order valence-electron chi connectivity index (χ1n) is 4.99. The first-order valence-corrected chi connectivity index (χ1v) is 4.99. The highest BCUT2D eigenvalue weighted by Gasteiger charge is 2.08. The molecule has 0 heteroatoms. The van der Waals surface area contributed by atoms with Crippen LogP contribution >= 0.6 is 0 Å². The number of hydrogen-bond acceptors (Lipinski definition) is 0. The summed E-state index contributed by atoms with van der Waals surface area (Å²) in [6.45, 7) is 8.58. The van der Waals surface area contributed by atoms with Crippen molar-refractivity contribution in [3.63, 3.8) is 0 Å². The van der Waals surface area contributed by atoms with Gasteiger partial charge in [0.25, 0.3) is 0 Å². The van der Waals surface area contributed by atoms with Crippen molar-refractivity contribution in [3.05, 3.63) is 48.4 Å². The van der Waals surface area contributed by atoms with Gasteiger partial charge < -0.3 is 0 Å². The Morgan fingerprint density at radius 3 is 2.21 bits per heavy atom. The summed E-state index contributed by atoms with van der Waals surface area (Å²) >= 11 is 0. The molecule has 0 aliphatic carbocycles. The first-order chi connectivity index (χ1) is 6.49. The standard InChI is InChI=1S/C14H18/c1-12(10-11-14(2,3)4)13-8-6-5-7-9-13/h5-10H,1-4H3. The third-order valence-electron chi connectivity index (χ3n) is 1.95. The van der Waals surface area contributed by atoms with E-state index in [9.17, 15) is 0 Å². The second-order valence-corrected chi connectivity index (χ2v) is 4.59. The van der Waals surface area contributed by atoms with Crippen molar-refractivity contribution >= 4 is 5.57 Å². The molecule has 74 valence electrons. The van der Waals surface area contributed by atoms with Crippen LogP contribution in [0.15, 0.2) is 36.4 Å². The first kappa shape index (κ1) is 11.0. The van der Waals surface area contributed by atoms with Crippen molar-refractivity contribution in [3.8, 4) is 0 Å². The van der Waals surface area contributed by atoms with Gasteiger partial charge >= 0.3 is 0 Å². The molecule has 2 radical (unpaired) electrons. The van der Waals surface area contributed by atoms with Crippen LogP contribution in [0.25, 0.3) is 5.57 Å². The van der Waals surface area contributed by atoms with E-state index in [1.807, 2.05) is 6.07 Å². The van der Waals surface area contributed by atoms with Crippen molar-refractivity contribution in [2.45, 2.75) is 27.7 Å². The lowest BCUT2D eigenvalue weighted by atomic mass is 9.90. The van der Waals surface area contributed by atoms with Gasteiger partial charge in [0.15, 0.2) is 0 Å². The van der Waals surface area contributed by atoms with Gasteiger partial charge in [-0.05, 0) is 23.5 Å². The lowest BCUT2D eigenvalue weighted by molar-refractivity contribution is 0.510. The smallest absolute Gasteiger partial charge is 0.0146 e. The third kappa shape index (κ3) is 3.78. The fourth-order valence-corrected chi connectivity index (χ4v) is 1.11. The summed E-state index contributed by atoms with van der Waals surface area (Å²) in [7, 11) is 0. The Morgan fingerprint density at radius 2 is 1.71 bits per heavy atom. The summed E-state index contributed by atoms with van der Waals surface area (Å²) in [5, 5.41) is 0. The van der Waals surface area contributed by atoms with Crippen LogP contribution in [0, 0.1) is 11.8 Å². The second kappa shape index (κ2) is 4.45. The molecule has 0 saturated heterocycles. The van der Waals surface area contributed by atoms with E-state index in [-0.39, 0.29) is 5.41 Å². The van der Waals surface area contributed by atoms with Gasteiger partial charge in [0, 0.05) is 6.42 Å². The van der Waals surface area contributed by atoms with Crippen LogP contribution in [0.2, 0.25) is 0 Å². The Labute approximate surface area is 87.7 Å². The Kier molecular flexibility index (Phi) is 3.51. The van der Waals surface area contributed by atoms with E-state index in [1.54, 1.807) is 0 Å². The van der Waals surface area contributed by atoms with Crippen molar-refractivity contribution < 1.29 is 0 Å². The Hall–Kier alpha value is -1.04. The van der Waals surface area contributed by atoms with Gasteiger partial charge in [-0.1, -0.05) is 57.2 Å². The second-order valence-electron chi connectivity index (χ2n) is 4.59. The van der Waals surface area contributed by atoms with Gasteiger partial charge in [-0.2, -0.15) is 0 Å². The molecule has 0 aliphatic heterocycles. The minimum Gasteiger partial charge on any atom is -0.0724 e. The van der Waals surface area contributed by atoms with E-state index in [0.29, 0.717) is 0 Å². The van der Waals surface area contributed by atoms with Crippen molar-refractivity contribution in [1.82, 2.24) is 0 Å². The quantitative estimate of drug-likeness (QED) is 0.648. The SMILES string of the molecule is CC(=C[C]C(C)(C)C)c1ccccc1. The van der Waals surface area contributed by atoms with Crippen LogP contribution in [0.4, 0.5) is 0 Å². The average Bonchev–Trinajstić information content (AvgIpc) is 2.14. The molecule has 0 aromatic heterocycles. The normalized spacial score (nSPS) is 13.0. The summed E-state index contributed by atoms with van der Waals surface area (Å²) in [4.78, 5) is 0. The molecule has 0 heterocycles. The highest BCUT2D eigenvalue weighted by Crippen LogP contribution is 2.21. The fraction of sp³-hybridized carbons (Fsp3) is 0.357. The zero-order chi connectivity index (χ0) is 10.6. The van der Waals surface area contributed by atoms with E-state index in [2.05, 4.69) is 64.5 Å². The predicted octanol–water partition coefficient (Wildman–Crippen LogP) is 4.22. The van der Waals surface area contributed by atoms with E-state index >= 15 is 0 Å². The van der Waals surface area contributed by atoms with Crippen LogP contribution in [0.1, 0.15) is 33.3 Å². The van der Waals surface area contributed by atoms with Crippen molar-refractivity contribution in [2.75, 3.05) is 0 Å². The Balaban J connectivity index is 2.71. The average molecular weight is 186 g/mol. The summed E-state index contributed by atoms with van der Waals surface area (Å²) in [5.41, 5.74) is 2.67. The van der Waals surface area contributed by atoms with Gasteiger partial charge in [0.2, 0.25) is 0 Å². The van der Waals surface area contributed by atoms with E-state index in [4.69, 9.17) is 0 Å². The molecule has 1 aromatic carbocycles. The molecule has 0 spiro atoms. The number of hydrogen-bond donors (Lipinski definition) is 0. The maximum atomic E-state index is 3.36. The predicted molar refractivity (Wildman–Crippen MR) is 62.8 cm³/mol. The van der Waals surface area contributed by atoms with Crippen molar-refractivity contribution in [2.24, 2.45) is 5.41 Å². The molecule has 0 N–H and O–H groups in total. The van der Waals surface area contributed by atoms with Gasteiger partial charge in [0.05, 0.1) is 0 Å². The Bertz CT molecular complexity index is 299. The number of allylic oxidation sites excluding steroid dienone is 2. The molecule has 0 atom stereocenters. The molecule has 1 rings (SSSR count). The molecule has 0 unspecified atom stereocenters. The molecule has 1 aromatic rings. The van der Waals surface area contributed by atoms with Crippen LogP contribution < -0.4 is 0 Å². The topological polar surface area (TPSA) is 0 Å². The summed E-state index contributed by atoms with van der Waals surface area (Å²) < 4.78 is 0. The molecular weight excluding hydrogens is 168 g/mol. The Morgan fingerprint density at radius 1 is 1.14 bits per heavy atom. The largest absolute Gasteiger partial charge is 0.0724 e. The third-order valence-corrected chi connectivity index (χ3v) is 1.95. The summed E-state index contributed by atoms with van der Waals surface area (Å²) in [5.74, 6) is 0. The zero-order valence-corrected chi connectivity index (χ0v) is 9.46. The van der Waals surface area contributed by atoms with Crippen molar-refractivity contribution in [1.29, 1.82) is 0 Å². The van der Waals surface area contributed by atoms with Crippen LogP contribution in [0.5, 0.6) is 0 Å². The highest BCUT2D eigenvalue weighted by atomic mass is 14.1. The van der Waals surface area contributed by atoms with Gasteiger partial charge in [-0.25, -0.2) is 0 Å². The van der Waals surface area contributed by atoms with Crippen LogP contribution in [-0.4, -0.2) is 0 Å². The molecule has 0 amide bonds. The van der Waals surface area contributed by atoms with E-state index in [1.165, 1.54) is 11.1 Å². The number of rotatable bonds is 2. The maximum absolute atomic E-state index is 3.36. The lowest BCUT2D eigenvalue weighted by Crippen LogP contribution is -2.03. The van der Waals surface area contributed by atoms with Gasteiger partial charge in [0.1, 0.15) is 0 Å². The minimum absolute atomic E-state index is 0.135. The maximum Gasteiger partial charge on any atom is 0.0146 e. The summed E-state index contributed by atoms with van der Waals surface area (Å²) in [6.07, 6.45) is 5.44.